The number of halogens is 1. The van der Waals surface area contributed by atoms with Crippen molar-refractivity contribution in [3.05, 3.63) is 0 Å². The molecule has 3 aliphatic carbocycles. The Balaban J connectivity index is 1.41. The van der Waals surface area contributed by atoms with Crippen molar-refractivity contribution < 1.29 is 4.79 Å². The summed E-state index contributed by atoms with van der Waals surface area (Å²) in [6, 6.07) is 0. The van der Waals surface area contributed by atoms with E-state index in [0.717, 1.165) is 18.4 Å². The third-order valence-corrected chi connectivity index (χ3v) is 5.82. The van der Waals surface area contributed by atoms with Crippen LogP contribution in [0, 0.1) is 23.7 Å². The van der Waals surface area contributed by atoms with E-state index < -0.39 is 0 Å². The summed E-state index contributed by atoms with van der Waals surface area (Å²) in [5, 5.41) is 3.20. The maximum atomic E-state index is 12.0. The van der Waals surface area contributed by atoms with Crippen LogP contribution in [0.5, 0.6) is 0 Å². The van der Waals surface area contributed by atoms with E-state index in [2.05, 4.69) is 21.2 Å². The van der Waals surface area contributed by atoms with Gasteiger partial charge in [0.05, 0.1) is 0 Å². The molecule has 0 aromatic heterocycles. The minimum atomic E-state index is 0.358. The minimum Gasteiger partial charge on any atom is -0.356 e. The molecule has 3 saturated carbocycles. The Kier molecular flexibility index (Phi) is 3.47. The van der Waals surface area contributed by atoms with E-state index in [9.17, 15) is 4.79 Å². The van der Waals surface area contributed by atoms with E-state index >= 15 is 0 Å². The van der Waals surface area contributed by atoms with Gasteiger partial charge in [-0.1, -0.05) is 28.8 Å². The standard InChI is InChI=1S/C14H22BrNO/c15-10-4-1-3-9(7-10)8-16-14(17)13-11-5-2-6-12(11)13/h9-13H,1-8H2,(H,16,17). The average Bonchev–Trinajstić information content (AvgIpc) is 2.80. The predicted molar refractivity (Wildman–Crippen MR) is 72.0 cm³/mol. The molecule has 96 valence electrons. The van der Waals surface area contributed by atoms with Crippen molar-refractivity contribution in [3.8, 4) is 0 Å². The van der Waals surface area contributed by atoms with E-state index in [1.54, 1.807) is 0 Å². The maximum Gasteiger partial charge on any atom is 0.223 e. The Morgan fingerprint density at radius 2 is 1.82 bits per heavy atom. The van der Waals surface area contributed by atoms with Crippen molar-refractivity contribution >= 4 is 21.8 Å². The lowest BCUT2D eigenvalue weighted by molar-refractivity contribution is -0.123. The van der Waals surface area contributed by atoms with Crippen LogP contribution in [-0.4, -0.2) is 17.3 Å². The molecule has 2 nitrogen and oxygen atoms in total. The van der Waals surface area contributed by atoms with E-state index in [0.29, 0.717) is 22.6 Å². The van der Waals surface area contributed by atoms with Crippen LogP contribution in [0.3, 0.4) is 0 Å². The first-order chi connectivity index (χ1) is 8.25. The van der Waals surface area contributed by atoms with Gasteiger partial charge in [0.1, 0.15) is 0 Å². The Bertz CT molecular complexity index is 297. The molecule has 3 fully saturated rings. The van der Waals surface area contributed by atoms with Crippen LogP contribution in [0.25, 0.3) is 0 Å². The van der Waals surface area contributed by atoms with Gasteiger partial charge in [-0.15, -0.1) is 0 Å². The van der Waals surface area contributed by atoms with Gasteiger partial charge >= 0.3 is 0 Å². The smallest absolute Gasteiger partial charge is 0.223 e. The van der Waals surface area contributed by atoms with E-state index in [4.69, 9.17) is 0 Å². The Labute approximate surface area is 112 Å². The van der Waals surface area contributed by atoms with Gasteiger partial charge < -0.3 is 5.32 Å². The second-order valence-electron chi connectivity index (χ2n) is 6.16. The van der Waals surface area contributed by atoms with E-state index in [1.807, 2.05) is 0 Å². The highest BCUT2D eigenvalue weighted by molar-refractivity contribution is 9.09. The first kappa shape index (κ1) is 12.0. The fraction of sp³-hybridized carbons (Fsp3) is 0.929. The average molecular weight is 300 g/mol. The van der Waals surface area contributed by atoms with Gasteiger partial charge in [0, 0.05) is 17.3 Å². The molecule has 17 heavy (non-hydrogen) atoms. The number of hydrogen-bond donors (Lipinski definition) is 1. The van der Waals surface area contributed by atoms with Gasteiger partial charge in [0.15, 0.2) is 0 Å². The van der Waals surface area contributed by atoms with Crippen LogP contribution in [-0.2, 0) is 4.79 Å². The summed E-state index contributed by atoms with van der Waals surface area (Å²) in [5.74, 6) is 2.97. The number of amides is 1. The number of fused-ring (bicyclic) bond motifs is 1. The molecule has 3 aliphatic rings. The summed E-state index contributed by atoms with van der Waals surface area (Å²) in [5.41, 5.74) is 0. The third kappa shape index (κ3) is 2.54. The summed E-state index contributed by atoms with van der Waals surface area (Å²) in [6.45, 7) is 0.914. The van der Waals surface area contributed by atoms with Gasteiger partial charge in [0.2, 0.25) is 5.91 Å². The highest BCUT2D eigenvalue weighted by Gasteiger charge is 2.56. The number of carbonyl (C=O) groups is 1. The lowest BCUT2D eigenvalue weighted by atomic mass is 9.89. The lowest BCUT2D eigenvalue weighted by Crippen LogP contribution is -2.33. The van der Waals surface area contributed by atoms with Gasteiger partial charge in [-0.25, -0.2) is 0 Å². The lowest BCUT2D eigenvalue weighted by Gasteiger charge is -2.25. The SMILES string of the molecule is O=C(NCC1CCCC(Br)C1)C1C2CCCC21. The van der Waals surface area contributed by atoms with Crippen LogP contribution < -0.4 is 5.32 Å². The van der Waals surface area contributed by atoms with Crippen LogP contribution in [0.2, 0.25) is 0 Å². The highest BCUT2D eigenvalue weighted by atomic mass is 79.9. The van der Waals surface area contributed by atoms with Gasteiger partial charge in [-0.05, 0) is 49.9 Å². The summed E-state index contributed by atoms with van der Waals surface area (Å²) >= 11 is 3.70. The first-order valence-corrected chi connectivity index (χ1v) is 8.09. The van der Waals surface area contributed by atoms with Crippen molar-refractivity contribution in [3.63, 3.8) is 0 Å². The van der Waals surface area contributed by atoms with Gasteiger partial charge in [-0.2, -0.15) is 0 Å². The Hall–Kier alpha value is -0.0500. The van der Waals surface area contributed by atoms with Crippen molar-refractivity contribution in [2.75, 3.05) is 6.54 Å². The molecular weight excluding hydrogens is 278 g/mol. The minimum absolute atomic E-state index is 0.358. The molecule has 0 saturated heterocycles. The zero-order valence-corrected chi connectivity index (χ0v) is 11.9. The molecule has 0 spiro atoms. The highest BCUT2D eigenvalue weighted by Crippen LogP contribution is 2.57. The zero-order valence-electron chi connectivity index (χ0n) is 10.3. The van der Waals surface area contributed by atoms with E-state index in [1.165, 1.54) is 44.9 Å². The summed E-state index contributed by atoms with van der Waals surface area (Å²) in [6.07, 6.45) is 9.10. The molecule has 0 heterocycles. The Morgan fingerprint density at radius 3 is 2.53 bits per heavy atom. The molecule has 3 heteroatoms. The van der Waals surface area contributed by atoms with Crippen molar-refractivity contribution in [1.82, 2.24) is 5.32 Å². The second-order valence-corrected chi connectivity index (χ2v) is 7.45. The van der Waals surface area contributed by atoms with Crippen LogP contribution in [0.15, 0.2) is 0 Å². The first-order valence-electron chi connectivity index (χ1n) is 7.17. The molecule has 4 atom stereocenters. The molecule has 3 rings (SSSR count). The normalized spacial score (nSPS) is 44.2. The maximum absolute atomic E-state index is 12.0. The monoisotopic (exact) mass is 299 g/mol. The van der Waals surface area contributed by atoms with Crippen LogP contribution >= 0.6 is 15.9 Å². The number of hydrogen-bond acceptors (Lipinski definition) is 1. The molecule has 0 aliphatic heterocycles. The Morgan fingerprint density at radius 1 is 1.12 bits per heavy atom. The van der Waals surface area contributed by atoms with Crippen molar-refractivity contribution in [2.45, 2.75) is 49.8 Å². The number of alkyl halides is 1. The fourth-order valence-corrected chi connectivity index (χ4v) is 4.84. The molecule has 1 N–H and O–H groups in total. The quantitative estimate of drug-likeness (QED) is 0.797. The molecule has 0 aromatic rings. The topological polar surface area (TPSA) is 29.1 Å². The summed E-state index contributed by atoms with van der Waals surface area (Å²) in [7, 11) is 0. The van der Waals surface area contributed by atoms with E-state index in [-0.39, 0.29) is 0 Å². The largest absolute Gasteiger partial charge is 0.356 e. The molecule has 0 bridgehead atoms. The molecule has 1 amide bonds. The van der Waals surface area contributed by atoms with Gasteiger partial charge in [-0.3, -0.25) is 4.79 Å². The second kappa shape index (κ2) is 4.91. The molecule has 0 aromatic carbocycles. The number of nitrogens with one attached hydrogen (secondary N) is 1. The number of carbonyl (C=O) groups excluding carboxylic acids is 1. The fourth-order valence-electron chi connectivity index (χ4n) is 3.98. The van der Waals surface area contributed by atoms with Gasteiger partial charge in [0.25, 0.3) is 0 Å². The van der Waals surface area contributed by atoms with Crippen LogP contribution in [0.1, 0.15) is 44.9 Å². The summed E-state index contributed by atoms with van der Waals surface area (Å²) < 4.78 is 0. The summed E-state index contributed by atoms with van der Waals surface area (Å²) in [4.78, 5) is 12.7. The molecular formula is C14H22BrNO. The predicted octanol–water partition coefficient (Wildman–Crippen LogP) is 3.10. The van der Waals surface area contributed by atoms with Crippen molar-refractivity contribution in [1.29, 1.82) is 0 Å². The molecule has 0 radical (unpaired) electrons. The molecule has 4 unspecified atom stereocenters. The zero-order chi connectivity index (χ0) is 11.8. The van der Waals surface area contributed by atoms with Crippen LogP contribution in [0.4, 0.5) is 0 Å². The third-order valence-electron chi connectivity index (χ3n) is 4.99. The number of rotatable bonds is 3. The van der Waals surface area contributed by atoms with Crippen molar-refractivity contribution in [2.24, 2.45) is 23.7 Å².